The van der Waals surface area contributed by atoms with Gasteiger partial charge in [-0.2, -0.15) is 4.72 Å². The van der Waals surface area contributed by atoms with E-state index >= 15 is 0 Å². The molecule has 0 radical (unpaired) electrons. The number of rotatable bonds is 9. The summed E-state index contributed by atoms with van der Waals surface area (Å²) in [5, 5.41) is 9.39. The molecule has 0 saturated carbocycles. The molecule has 7 nitrogen and oxygen atoms in total. The van der Waals surface area contributed by atoms with Crippen LogP contribution in [0.5, 0.6) is 5.75 Å². The van der Waals surface area contributed by atoms with E-state index in [4.69, 9.17) is 21.1 Å². The number of carbonyl (C=O) groups is 1. The maximum atomic E-state index is 12.6. The highest BCUT2D eigenvalue weighted by molar-refractivity contribution is 7.89. The first kappa shape index (κ1) is 20.7. The summed E-state index contributed by atoms with van der Waals surface area (Å²) < 4.78 is 38.0. The van der Waals surface area contributed by atoms with Gasteiger partial charge < -0.3 is 14.6 Å². The van der Waals surface area contributed by atoms with Crippen LogP contribution < -0.4 is 9.46 Å². The highest BCUT2D eigenvalue weighted by atomic mass is 35.5. The summed E-state index contributed by atoms with van der Waals surface area (Å²) in [4.78, 5) is 11.0. The summed E-state index contributed by atoms with van der Waals surface area (Å²) in [6.45, 7) is 5.20. The molecule has 0 heterocycles. The van der Waals surface area contributed by atoms with Gasteiger partial charge in [0.1, 0.15) is 22.8 Å². The molecule has 0 aliphatic carbocycles. The highest BCUT2D eigenvalue weighted by Crippen LogP contribution is 2.28. The number of carboxylic acids is 1. The summed E-state index contributed by atoms with van der Waals surface area (Å²) in [6, 6.07) is 2.87. The maximum Gasteiger partial charge on any atom is 0.322 e. The first-order valence-electron chi connectivity index (χ1n) is 7.28. The normalized spacial score (nSPS) is 14.4. The molecule has 24 heavy (non-hydrogen) atoms. The number of benzene rings is 1. The molecule has 9 heteroatoms. The van der Waals surface area contributed by atoms with Gasteiger partial charge in [-0.1, -0.05) is 25.4 Å². The van der Waals surface area contributed by atoms with E-state index in [-0.39, 0.29) is 22.3 Å². The highest BCUT2D eigenvalue weighted by Gasteiger charge is 2.30. The lowest BCUT2D eigenvalue weighted by molar-refractivity contribution is -0.140. The van der Waals surface area contributed by atoms with Gasteiger partial charge in [-0.05, 0) is 31.0 Å². The average molecular weight is 380 g/mol. The average Bonchev–Trinajstić information content (AvgIpc) is 2.46. The lowest BCUT2D eigenvalue weighted by Gasteiger charge is -2.21. The SMILES string of the molecule is COCC(C)Oc1ccc(Cl)cc1S(=O)(=O)NC(C(=O)O)C(C)C. The molecular weight excluding hydrogens is 358 g/mol. The molecule has 0 aromatic heterocycles. The van der Waals surface area contributed by atoms with Crippen LogP contribution in [0.2, 0.25) is 5.02 Å². The number of sulfonamides is 1. The van der Waals surface area contributed by atoms with Crippen molar-refractivity contribution in [2.24, 2.45) is 5.92 Å². The van der Waals surface area contributed by atoms with Gasteiger partial charge in [0.2, 0.25) is 10.0 Å². The minimum absolute atomic E-state index is 0.0735. The van der Waals surface area contributed by atoms with Crippen molar-refractivity contribution in [1.29, 1.82) is 0 Å². The van der Waals surface area contributed by atoms with Gasteiger partial charge in [0, 0.05) is 12.1 Å². The Morgan fingerprint density at radius 3 is 2.46 bits per heavy atom. The van der Waals surface area contributed by atoms with Crippen LogP contribution in [0, 0.1) is 5.92 Å². The second-order valence-electron chi connectivity index (χ2n) is 5.66. The molecule has 0 fully saturated rings. The minimum atomic E-state index is -4.14. The molecule has 0 aliphatic rings. The van der Waals surface area contributed by atoms with E-state index in [1.807, 2.05) is 0 Å². The fraction of sp³-hybridized carbons (Fsp3) is 0.533. The van der Waals surface area contributed by atoms with Gasteiger partial charge in [-0.25, -0.2) is 8.42 Å². The van der Waals surface area contributed by atoms with Gasteiger partial charge in [0.15, 0.2) is 0 Å². The van der Waals surface area contributed by atoms with Crippen LogP contribution in [0.3, 0.4) is 0 Å². The van der Waals surface area contributed by atoms with Crippen molar-refractivity contribution in [3.8, 4) is 5.75 Å². The van der Waals surface area contributed by atoms with Crippen LogP contribution in [-0.4, -0.2) is 45.4 Å². The summed E-state index contributed by atoms with van der Waals surface area (Å²) in [5.74, 6) is -1.62. The number of halogens is 1. The molecule has 1 aromatic rings. The Morgan fingerprint density at radius 2 is 1.96 bits per heavy atom. The Labute approximate surface area is 147 Å². The molecule has 1 rings (SSSR count). The Balaban J connectivity index is 3.22. The topological polar surface area (TPSA) is 102 Å². The summed E-state index contributed by atoms with van der Waals surface area (Å²) in [7, 11) is -2.64. The zero-order chi connectivity index (χ0) is 18.5. The van der Waals surface area contributed by atoms with Gasteiger partial charge in [-0.15, -0.1) is 0 Å². The van der Waals surface area contributed by atoms with Crippen LogP contribution >= 0.6 is 11.6 Å². The van der Waals surface area contributed by atoms with E-state index in [1.54, 1.807) is 20.8 Å². The number of hydrogen-bond acceptors (Lipinski definition) is 5. The van der Waals surface area contributed by atoms with Gasteiger partial charge in [0.25, 0.3) is 0 Å². The van der Waals surface area contributed by atoms with Gasteiger partial charge in [0.05, 0.1) is 6.61 Å². The van der Waals surface area contributed by atoms with Crippen molar-refractivity contribution < 1.29 is 27.8 Å². The third kappa shape index (κ3) is 5.62. The monoisotopic (exact) mass is 379 g/mol. The largest absolute Gasteiger partial charge is 0.487 e. The molecule has 136 valence electrons. The third-order valence-electron chi connectivity index (χ3n) is 3.14. The second kappa shape index (κ2) is 8.66. The van der Waals surface area contributed by atoms with Crippen LogP contribution in [0.1, 0.15) is 20.8 Å². The number of ether oxygens (including phenoxy) is 2. The first-order valence-corrected chi connectivity index (χ1v) is 9.15. The van der Waals surface area contributed by atoms with E-state index in [2.05, 4.69) is 4.72 Å². The van der Waals surface area contributed by atoms with Crippen molar-refractivity contribution in [2.75, 3.05) is 13.7 Å². The Kier molecular flexibility index (Phi) is 7.47. The molecule has 2 N–H and O–H groups in total. The fourth-order valence-electron chi connectivity index (χ4n) is 1.98. The number of nitrogens with one attached hydrogen (secondary N) is 1. The van der Waals surface area contributed by atoms with Crippen molar-refractivity contribution >= 4 is 27.6 Å². The van der Waals surface area contributed by atoms with Gasteiger partial charge >= 0.3 is 5.97 Å². The molecule has 0 saturated heterocycles. The number of hydrogen-bond donors (Lipinski definition) is 2. The van der Waals surface area contributed by atoms with Crippen molar-refractivity contribution in [1.82, 2.24) is 4.72 Å². The molecule has 1 aromatic carbocycles. The zero-order valence-electron chi connectivity index (χ0n) is 13.9. The van der Waals surface area contributed by atoms with E-state index in [1.165, 1.54) is 25.3 Å². The quantitative estimate of drug-likeness (QED) is 0.681. The van der Waals surface area contributed by atoms with Crippen LogP contribution in [-0.2, 0) is 19.6 Å². The first-order chi connectivity index (χ1) is 11.1. The number of carboxylic acid groups (broad SMARTS) is 1. The summed E-state index contributed by atoms with van der Waals surface area (Å²) in [5.41, 5.74) is 0. The molecule has 0 spiro atoms. The maximum absolute atomic E-state index is 12.6. The lowest BCUT2D eigenvalue weighted by atomic mass is 10.1. The molecular formula is C15H22ClNO6S. The van der Waals surface area contributed by atoms with E-state index < -0.39 is 34.1 Å². The molecule has 2 atom stereocenters. The standard InChI is InChI=1S/C15H22ClNO6S/c1-9(2)14(15(18)19)17-24(20,21)13-7-11(16)5-6-12(13)23-10(3)8-22-4/h5-7,9-10,14,17H,8H2,1-4H3,(H,18,19). The van der Waals surface area contributed by atoms with Gasteiger partial charge in [-0.3, -0.25) is 4.79 Å². The smallest absolute Gasteiger partial charge is 0.322 e. The number of methoxy groups -OCH3 is 1. The van der Waals surface area contributed by atoms with Crippen molar-refractivity contribution in [3.05, 3.63) is 23.2 Å². The predicted octanol–water partition coefficient (Wildman–Crippen LogP) is 2.14. The fourth-order valence-corrected chi connectivity index (χ4v) is 3.71. The summed E-state index contributed by atoms with van der Waals surface area (Å²) >= 11 is 5.89. The summed E-state index contributed by atoms with van der Waals surface area (Å²) in [6.07, 6.45) is -0.398. The Bertz CT molecular complexity index is 677. The van der Waals surface area contributed by atoms with E-state index in [0.29, 0.717) is 0 Å². The van der Waals surface area contributed by atoms with Crippen LogP contribution in [0.15, 0.2) is 23.1 Å². The Morgan fingerprint density at radius 1 is 1.33 bits per heavy atom. The number of aliphatic carboxylic acids is 1. The molecule has 0 bridgehead atoms. The zero-order valence-corrected chi connectivity index (χ0v) is 15.5. The van der Waals surface area contributed by atoms with Crippen LogP contribution in [0.25, 0.3) is 0 Å². The van der Waals surface area contributed by atoms with Crippen LogP contribution in [0.4, 0.5) is 0 Å². The minimum Gasteiger partial charge on any atom is -0.487 e. The van der Waals surface area contributed by atoms with E-state index in [9.17, 15) is 18.3 Å². The second-order valence-corrected chi connectivity index (χ2v) is 7.77. The third-order valence-corrected chi connectivity index (χ3v) is 4.84. The molecule has 0 aliphatic heterocycles. The predicted molar refractivity (Wildman–Crippen MR) is 90.0 cm³/mol. The lowest BCUT2D eigenvalue weighted by Crippen LogP contribution is -2.44. The Hall–Kier alpha value is -1.35. The molecule has 2 unspecified atom stereocenters. The van der Waals surface area contributed by atoms with E-state index in [0.717, 1.165) is 0 Å². The van der Waals surface area contributed by atoms with Crippen molar-refractivity contribution in [2.45, 2.75) is 37.8 Å². The molecule has 0 amide bonds. The van der Waals surface area contributed by atoms with Crippen molar-refractivity contribution in [3.63, 3.8) is 0 Å².